The molecule has 2 aromatic rings. The van der Waals surface area contributed by atoms with Crippen LogP contribution < -0.4 is 5.73 Å². The van der Waals surface area contributed by atoms with Gasteiger partial charge in [0.25, 0.3) is 0 Å². The van der Waals surface area contributed by atoms with Crippen LogP contribution in [0.15, 0.2) is 34.9 Å². The molecule has 0 amide bonds. The van der Waals surface area contributed by atoms with Gasteiger partial charge < -0.3 is 10.7 Å². The van der Waals surface area contributed by atoms with Crippen molar-refractivity contribution in [2.24, 2.45) is 11.7 Å². The van der Waals surface area contributed by atoms with Gasteiger partial charge in [-0.25, -0.2) is 4.98 Å². The molecule has 0 aliphatic rings. The molecule has 0 fully saturated rings. The van der Waals surface area contributed by atoms with E-state index in [0.29, 0.717) is 5.92 Å². The number of aromatic nitrogens is 2. The molecule has 2 rings (SSSR count). The molecule has 4 heteroatoms. The van der Waals surface area contributed by atoms with Crippen LogP contribution in [-0.4, -0.2) is 9.97 Å². The smallest absolute Gasteiger partial charge is 0.123 e. The third-order valence-corrected chi connectivity index (χ3v) is 3.31. The summed E-state index contributed by atoms with van der Waals surface area (Å²) in [6.45, 7) is 4.18. The Bertz CT molecular complexity index is 488. The van der Waals surface area contributed by atoms with Crippen LogP contribution in [0.3, 0.4) is 0 Å². The first-order valence-electron chi connectivity index (χ1n) is 5.64. The van der Waals surface area contributed by atoms with Crippen molar-refractivity contribution in [3.05, 3.63) is 40.8 Å². The summed E-state index contributed by atoms with van der Waals surface area (Å²) in [5.74, 6) is 1.22. The van der Waals surface area contributed by atoms with Crippen LogP contribution in [0.1, 0.15) is 25.7 Å². The summed E-state index contributed by atoms with van der Waals surface area (Å²) in [6.07, 6.45) is 1.83. The zero-order chi connectivity index (χ0) is 12.4. The summed E-state index contributed by atoms with van der Waals surface area (Å²) in [4.78, 5) is 7.62. The standard InChI is InChI=1S/C13H16BrN3/c1-8(2)12(15)13-16-7-11(17-13)9-3-5-10(14)6-4-9/h3-8,12H,15H2,1-2H3,(H,16,17). The predicted octanol–water partition coefficient (Wildman–Crippen LogP) is 3.50. The maximum Gasteiger partial charge on any atom is 0.123 e. The number of hydrogen-bond donors (Lipinski definition) is 2. The van der Waals surface area contributed by atoms with E-state index >= 15 is 0 Å². The molecule has 1 aromatic carbocycles. The second kappa shape index (κ2) is 5.02. The molecular weight excluding hydrogens is 278 g/mol. The molecule has 1 atom stereocenters. The Morgan fingerprint density at radius 1 is 1.24 bits per heavy atom. The van der Waals surface area contributed by atoms with Gasteiger partial charge in [0.2, 0.25) is 0 Å². The lowest BCUT2D eigenvalue weighted by Gasteiger charge is -2.12. The summed E-state index contributed by atoms with van der Waals surface area (Å²) in [7, 11) is 0. The summed E-state index contributed by atoms with van der Waals surface area (Å²) < 4.78 is 1.07. The lowest BCUT2D eigenvalue weighted by molar-refractivity contribution is 0.494. The molecule has 3 nitrogen and oxygen atoms in total. The van der Waals surface area contributed by atoms with Crippen molar-refractivity contribution in [2.75, 3.05) is 0 Å². The minimum absolute atomic E-state index is 0.0424. The van der Waals surface area contributed by atoms with Gasteiger partial charge in [-0.05, 0) is 23.6 Å². The molecule has 0 aliphatic heterocycles. The highest BCUT2D eigenvalue weighted by atomic mass is 79.9. The Morgan fingerprint density at radius 3 is 2.47 bits per heavy atom. The Morgan fingerprint density at radius 2 is 1.88 bits per heavy atom. The molecule has 1 aromatic heterocycles. The number of nitrogens with two attached hydrogens (primary N) is 1. The summed E-state index contributed by atoms with van der Waals surface area (Å²) in [5.41, 5.74) is 8.17. The zero-order valence-corrected chi connectivity index (χ0v) is 11.5. The normalized spacial score (nSPS) is 13.0. The molecule has 0 saturated heterocycles. The van der Waals surface area contributed by atoms with Gasteiger partial charge in [-0.15, -0.1) is 0 Å². The van der Waals surface area contributed by atoms with E-state index in [-0.39, 0.29) is 6.04 Å². The third-order valence-electron chi connectivity index (χ3n) is 2.78. The molecule has 1 heterocycles. The molecule has 0 bridgehead atoms. The predicted molar refractivity (Wildman–Crippen MR) is 73.5 cm³/mol. The number of aromatic amines is 1. The van der Waals surface area contributed by atoms with Crippen molar-refractivity contribution in [1.82, 2.24) is 9.97 Å². The molecule has 90 valence electrons. The fourth-order valence-corrected chi connectivity index (χ4v) is 1.86. The molecule has 0 spiro atoms. The summed E-state index contributed by atoms with van der Waals surface area (Å²) >= 11 is 3.42. The molecule has 0 saturated carbocycles. The van der Waals surface area contributed by atoms with Gasteiger partial charge in [0, 0.05) is 4.47 Å². The van der Waals surface area contributed by atoms with Gasteiger partial charge in [0.1, 0.15) is 5.82 Å². The average Bonchev–Trinajstić information content (AvgIpc) is 2.78. The van der Waals surface area contributed by atoms with E-state index in [2.05, 4.69) is 39.7 Å². The molecule has 1 unspecified atom stereocenters. The van der Waals surface area contributed by atoms with Crippen molar-refractivity contribution < 1.29 is 0 Å². The lowest BCUT2D eigenvalue weighted by Crippen LogP contribution is -2.18. The maximum atomic E-state index is 6.05. The maximum absolute atomic E-state index is 6.05. The second-order valence-electron chi connectivity index (χ2n) is 4.46. The first-order valence-corrected chi connectivity index (χ1v) is 6.43. The SMILES string of the molecule is CC(C)C(N)c1ncc(-c2ccc(Br)cc2)[nH]1. The van der Waals surface area contributed by atoms with Crippen molar-refractivity contribution in [3.8, 4) is 11.3 Å². The first kappa shape index (κ1) is 12.3. The number of imidazole rings is 1. The Hall–Kier alpha value is -1.13. The Labute approximate surface area is 110 Å². The van der Waals surface area contributed by atoms with Crippen molar-refractivity contribution >= 4 is 15.9 Å². The number of nitrogens with zero attached hydrogens (tertiary/aromatic N) is 1. The lowest BCUT2D eigenvalue weighted by atomic mass is 10.1. The van der Waals surface area contributed by atoms with Crippen LogP contribution in [0.4, 0.5) is 0 Å². The number of H-pyrrole nitrogens is 1. The highest BCUT2D eigenvalue weighted by Crippen LogP contribution is 2.22. The van der Waals surface area contributed by atoms with Crippen LogP contribution in [-0.2, 0) is 0 Å². The average molecular weight is 294 g/mol. The van der Waals surface area contributed by atoms with E-state index in [0.717, 1.165) is 21.6 Å². The number of nitrogens with one attached hydrogen (secondary N) is 1. The van der Waals surface area contributed by atoms with Gasteiger partial charge in [-0.2, -0.15) is 0 Å². The minimum Gasteiger partial charge on any atom is -0.341 e. The molecular formula is C13H16BrN3. The fourth-order valence-electron chi connectivity index (χ4n) is 1.60. The number of benzene rings is 1. The zero-order valence-electron chi connectivity index (χ0n) is 9.94. The van der Waals surface area contributed by atoms with Gasteiger partial charge in [-0.1, -0.05) is 41.9 Å². The second-order valence-corrected chi connectivity index (χ2v) is 5.37. The van der Waals surface area contributed by atoms with E-state index < -0.39 is 0 Å². The summed E-state index contributed by atoms with van der Waals surface area (Å²) in [5, 5.41) is 0. The van der Waals surface area contributed by atoms with Crippen LogP contribution in [0.25, 0.3) is 11.3 Å². The van der Waals surface area contributed by atoms with Gasteiger partial charge in [0.15, 0.2) is 0 Å². The van der Waals surface area contributed by atoms with E-state index in [1.165, 1.54) is 0 Å². The van der Waals surface area contributed by atoms with E-state index in [1.807, 2.05) is 30.5 Å². The summed E-state index contributed by atoms with van der Waals surface area (Å²) in [6, 6.07) is 8.07. The van der Waals surface area contributed by atoms with E-state index in [4.69, 9.17) is 5.73 Å². The van der Waals surface area contributed by atoms with Crippen LogP contribution in [0.5, 0.6) is 0 Å². The van der Waals surface area contributed by atoms with Crippen molar-refractivity contribution in [1.29, 1.82) is 0 Å². The largest absolute Gasteiger partial charge is 0.341 e. The molecule has 3 N–H and O–H groups in total. The Balaban J connectivity index is 2.26. The van der Waals surface area contributed by atoms with Crippen molar-refractivity contribution in [2.45, 2.75) is 19.9 Å². The van der Waals surface area contributed by atoms with Gasteiger partial charge >= 0.3 is 0 Å². The molecule has 0 aliphatic carbocycles. The Kier molecular flexibility index (Phi) is 3.64. The van der Waals surface area contributed by atoms with E-state index in [1.54, 1.807) is 0 Å². The minimum atomic E-state index is -0.0424. The molecule has 0 radical (unpaired) electrons. The van der Waals surface area contributed by atoms with Crippen LogP contribution in [0.2, 0.25) is 0 Å². The first-order chi connectivity index (χ1) is 8.08. The highest BCUT2D eigenvalue weighted by Gasteiger charge is 2.14. The van der Waals surface area contributed by atoms with Crippen LogP contribution in [0, 0.1) is 5.92 Å². The molecule has 17 heavy (non-hydrogen) atoms. The van der Waals surface area contributed by atoms with Gasteiger partial charge in [-0.3, -0.25) is 0 Å². The highest BCUT2D eigenvalue weighted by molar-refractivity contribution is 9.10. The topological polar surface area (TPSA) is 54.7 Å². The quantitative estimate of drug-likeness (QED) is 0.910. The van der Waals surface area contributed by atoms with E-state index in [9.17, 15) is 0 Å². The number of halogens is 1. The fraction of sp³-hybridized carbons (Fsp3) is 0.308. The van der Waals surface area contributed by atoms with Gasteiger partial charge in [0.05, 0.1) is 17.9 Å². The van der Waals surface area contributed by atoms with Crippen LogP contribution >= 0.6 is 15.9 Å². The monoisotopic (exact) mass is 293 g/mol. The number of rotatable bonds is 3. The number of hydrogen-bond acceptors (Lipinski definition) is 2. The third kappa shape index (κ3) is 2.76. The van der Waals surface area contributed by atoms with Crippen molar-refractivity contribution in [3.63, 3.8) is 0 Å².